The zero-order chi connectivity index (χ0) is 9.97. The quantitative estimate of drug-likeness (QED) is 0.738. The maximum Gasteiger partial charge on any atom is 0.136 e. The lowest BCUT2D eigenvalue weighted by molar-refractivity contribution is -0.120. The first-order valence-electron chi connectivity index (χ1n) is 5.13. The third-order valence-electron chi connectivity index (χ3n) is 2.64. The second kappa shape index (κ2) is 3.82. The Morgan fingerprint density at radius 2 is 2.21 bits per heavy atom. The van der Waals surface area contributed by atoms with E-state index in [1.807, 2.05) is 24.3 Å². The highest BCUT2D eigenvalue weighted by Crippen LogP contribution is 2.31. The van der Waals surface area contributed by atoms with Crippen molar-refractivity contribution in [3.63, 3.8) is 0 Å². The van der Waals surface area contributed by atoms with Crippen LogP contribution in [0.1, 0.15) is 24.8 Å². The zero-order valence-corrected chi connectivity index (χ0v) is 8.20. The summed E-state index contributed by atoms with van der Waals surface area (Å²) in [6, 6.07) is 7.77. The summed E-state index contributed by atoms with van der Waals surface area (Å²) in [5.74, 6) is 0.809. The molecule has 0 unspecified atom stereocenters. The monoisotopic (exact) mass is 189 g/mol. The van der Waals surface area contributed by atoms with Gasteiger partial charge in [-0.25, -0.2) is 0 Å². The Balaban J connectivity index is 1.87. The second-order valence-corrected chi connectivity index (χ2v) is 3.99. The zero-order valence-electron chi connectivity index (χ0n) is 8.20. The summed E-state index contributed by atoms with van der Waals surface area (Å²) >= 11 is 0. The topological polar surface area (TPSA) is 43.1 Å². The number of rotatable bonds is 4. The molecule has 14 heavy (non-hydrogen) atoms. The predicted octanol–water partition coefficient (Wildman–Crippen LogP) is 2.18. The molecule has 2 N–H and O–H groups in total. The molecule has 2 nitrogen and oxygen atoms in total. The van der Waals surface area contributed by atoms with Gasteiger partial charge in [0.15, 0.2) is 0 Å². The summed E-state index contributed by atoms with van der Waals surface area (Å²) in [6.07, 6.45) is 3.72. The fourth-order valence-electron chi connectivity index (χ4n) is 1.63. The van der Waals surface area contributed by atoms with E-state index in [-0.39, 0.29) is 0 Å². The van der Waals surface area contributed by atoms with Crippen LogP contribution in [0.25, 0.3) is 0 Å². The summed E-state index contributed by atoms with van der Waals surface area (Å²) in [5, 5.41) is 0. The molecule has 0 saturated heterocycles. The number of anilines is 1. The number of aryl methyl sites for hydroxylation is 1. The van der Waals surface area contributed by atoms with E-state index in [1.54, 1.807) is 0 Å². The molecule has 0 atom stereocenters. The number of nitrogen functional groups attached to an aromatic ring is 1. The van der Waals surface area contributed by atoms with Gasteiger partial charge < -0.3 is 5.73 Å². The van der Waals surface area contributed by atoms with Crippen molar-refractivity contribution in [2.75, 3.05) is 5.73 Å². The van der Waals surface area contributed by atoms with E-state index in [1.165, 1.54) is 5.56 Å². The molecule has 2 heteroatoms. The van der Waals surface area contributed by atoms with E-state index in [2.05, 4.69) is 0 Å². The third-order valence-corrected chi connectivity index (χ3v) is 2.64. The van der Waals surface area contributed by atoms with Crippen molar-refractivity contribution in [3.8, 4) is 0 Å². The van der Waals surface area contributed by atoms with Crippen LogP contribution in [-0.2, 0) is 11.2 Å². The minimum atomic E-state index is 0.385. The van der Waals surface area contributed by atoms with Crippen LogP contribution in [0.3, 0.4) is 0 Å². The lowest BCUT2D eigenvalue weighted by Gasteiger charge is -2.01. The summed E-state index contributed by atoms with van der Waals surface area (Å²) in [7, 11) is 0. The summed E-state index contributed by atoms with van der Waals surface area (Å²) in [4.78, 5) is 11.4. The lowest BCUT2D eigenvalue weighted by atomic mass is 10.1. The smallest absolute Gasteiger partial charge is 0.136 e. The van der Waals surface area contributed by atoms with E-state index in [9.17, 15) is 4.79 Å². The fourth-order valence-corrected chi connectivity index (χ4v) is 1.63. The third kappa shape index (κ3) is 2.34. The first-order valence-corrected chi connectivity index (χ1v) is 5.13. The average Bonchev–Trinajstić information content (AvgIpc) is 2.97. The van der Waals surface area contributed by atoms with Gasteiger partial charge in [-0.05, 0) is 37.0 Å². The molecule has 1 aliphatic carbocycles. The Morgan fingerprint density at radius 3 is 2.86 bits per heavy atom. The van der Waals surface area contributed by atoms with Gasteiger partial charge in [0, 0.05) is 18.0 Å². The van der Waals surface area contributed by atoms with E-state index >= 15 is 0 Å². The molecule has 1 aromatic carbocycles. The van der Waals surface area contributed by atoms with E-state index in [0.29, 0.717) is 18.1 Å². The molecule has 2 rings (SSSR count). The van der Waals surface area contributed by atoms with Gasteiger partial charge in [-0.15, -0.1) is 0 Å². The van der Waals surface area contributed by atoms with Gasteiger partial charge in [-0.1, -0.05) is 12.1 Å². The summed E-state index contributed by atoms with van der Waals surface area (Å²) in [6.45, 7) is 0. The lowest BCUT2D eigenvalue weighted by Crippen LogP contribution is -2.02. The fraction of sp³-hybridized carbons (Fsp3) is 0.417. The SMILES string of the molecule is Nc1cccc(CCC(=O)C2CC2)c1. The van der Waals surface area contributed by atoms with Crippen molar-refractivity contribution >= 4 is 11.5 Å². The molecule has 74 valence electrons. The number of benzene rings is 1. The Labute approximate surface area is 84.1 Å². The highest BCUT2D eigenvalue weighted by molar-refractivity contribution is 5.83. The van der Waals surface area contributed by atoms with Crippen LogP contribution in [0, 0.1) is 5.92 Å². The van der Waals surface area contributed by atoms with Crippen LogP contribution in [0.15, 0.2) is 24.3 Å². The first kappa shape index (κ1) is 9.25. The Bertz CT molecular complexity index is 342. The number of carbonyl (C=O) groups excluding carboxylic acids is 1. The van der Waals surface area contributed by atoms with Gasteiger partial charge in [0.05, 0.1) is 0 Å². The van der Waals surface area contributed by atoms with Crippen molar-refractivity contribution in [3.05, 3.63) is 29.8 Å². The molecule has 0 heterocycles. The van der Waals surface area contributed by atoms with Crippen molar-refractivity contribution in [2.45, 2.75) is 25.7 Å². The van der Waals surface area contributed by atoms with Crippen molar-refractivity contribution in [1.29, 1.82) is 0 Å². The van der Waals surface area contributed by atoms with Crippen LogP contribution < -0.4 is 5.73 Å². The molecular weight excluding hydrogens is 174 g/mol. The Morgan fingerprint density at radius 1 is 1.43 bits per heavy atom. The standard InChI is InChI=1S/C12H15NO/c13-11-3-1-2-9(8-11)4-7-12(14)10-5-6-10/h1-3,8,10H,4-7,13H2. The van der Waals surface area contributed by atoms with Gasteiger partial charge >= 0.3 is 0 Å². The number of hydrogen-bond acceptors (Lipinski definition) is 2. The number of carbonyl (C=O) groups is 1. The molecule has 1 fully saturated rings. The first-order chi connectivity index (χ1) is 6.75. The van der Waals surface area contributed by atoms with E-state index < -0.39 is 0 Å². The average molecular weight is 189 g/mol. The normalized spacial score (nSPS) is 15.4. The number of nitrogens with two attached hydrogens (primary N) is 1. The van der Waals surface area contributed by atoms with Gasteiger partial charge in [0.1, 0.15) is 5.78 Å². The van der Waals surface area contributed by atoms with Gasteiger partial charge in [-0.3, -0.25) is 4.79 Å². The van der Waals surface area contributed by atoms with Gasteiger partial charge in [0.25, 0.3) is 0 Å². The van der Waals surface area contributed by atoms with Crippen molar-refractivity contribution < 1.29 is 4.79 Å². The maximum absolute atomic E-state index is 11.4. The molecule has 0 aromatic heterocycles. The highest BCUT2D eigenvalue weighted by atomic mass is 16.1. The Kier molecular flexibility index (Phi) is 2.53. The van der Waals surface area contributed by atoms with Crippen molar-refractivity contribution in [1.82, 2.24) is 0 Å². The maximum atomic E-state index is 11.4. The number of Topliss-reactive ketones (excluding diaryl/α,β-unsaturated/α-hetero) is 1. The minimum absolute atomic E-state index is 0.385. The van der Waals surface area contributed by atoms with E-state index in [0.717, 1.165) is 24.9 Å². The molecule has 1 aromatic rings. The van der Waals surface area contributed by atoms with Crippen molar-refractivity contribution in [2.24, 2.45) is 5.92 Å². The summed E-state index contributed by atoms with van der Waals surface area (Å²) < 4.78 is 0. The molecule has 0 amide bonds. The molecule has 0 spiro atoms. The second-order valence-electron chi connectivity index (χ2n) is 3.99. The molecule has 0 bridgehead atoms. The molecule has 1 aliphatic rings. The van der Waals surface area contributed by atoms with Crippen LogP contribution >= 0.6 is 0 Å². The van der Waals surface area contributed by atoms with Crippen LogP contribution in [0.2, 0.25) is 0 Å². The predicted molar refractivity (Wildman–Crippen MR) is 56.9 cm³/mol. The number of hydrogen-bond donors (Lipinski definition) is 1. The summed E-state index contributed by atoms with van der Waals surface area (Å²) in [5.41, 5.74) is 7.60. The molecular formula is C12H15NO. The van der Waals surface area contributed by atoms with Gasteiger partial charge in [-0.2, -0.15) is 0 Å². The molecule has 0 aliphatic heterocycles. The number of ketones is 1. The highest BCUT2D eigenvalue weighted by Gasteiger charge is 2.28. The van der Waals surface area contributed by atoms with Crippen LogP contribution in [0.4, 0.5) is 5.69 Å². The molecule has 0 radical (unpaired) electrons. The minimum Gasteiger partial charge on any atom is -0.399 e. The molecule has 1 saturated carbocycles. The largest absolute Gasteiger partial charge is 0.399 e. The van der Waals surface area contributed by atoms with E-state index in [4.69, 9.17) is 5.73 Å². The Hall–Kier alpha value is -1.31. The van der Waals surface area contributed by atoms with Crippen LogP contribution in [0.5, 0.6) is 0 Å². The van der Waals surface area contributed by atoms with Crippen LogP contribution in [-0.4, -0.2) is 5.78 Å². The van der Waals surface area contributed by atoms with Gasteiger partial charge in [0.2, 0.25) is 0 Å².